The molecule has 0 spiro atoms. The fraction of sp³-hybridized carbons (Fsp3) is 0.0455. The van der Waals surface area contributed by atoms with E-state index in [1.165, 1.54) is 0 Å². The molecular formula is C22H15Cl2NO3. The zero-order chi connectivity index (χ0) is 19.5. The summed E-state index contributed by atoms with van der Waals surface area (Å²) in [6, 6.07) is 22.0. The van der Waals surface area contributed by atoms with Crippen LogP contribution in [-0.4, -0.2) is 5.91 Å². The number of ether oxygens (including phenoxy) is 1. The third-order valence-electron chi connectivity index (χ3n) is 4.16. The maximum atomic E-state index is 12.4. The van der Waals surface area contributed by atoms with Gasteiger partial charge in [-0.3, -0.25) is 4.79 Å². The van der Waals surface area contributed by atoms with Gasteiger partial charge in [0.15, 0.2) is 5.76 Å². The van der Waals surface area contributed by atoms with E-state index in [-0.39, 0.29) is 18.3 Å². The third-order valence-corrected chi connectivity index (χ3v) is 4.69. The summed E-state index contributed by atoms with van der Waals surface area (Å²) < 4.78 is 11.2. The van der Waals surface area contributed by atoms with Gasteiger partial charge in [-0.15, -0.1) is 0 Å². The van der Waals surface area contributed by atoms with Crippen LogP contribution < -0.4 is 10.1 Å². The van der Waals surface area contributed by atoms with Crippen LogP contribution in [0.15, 0.2) is 77.2 Å². The fourth-order valence-corrected chi connectivity index (χ4v) is 3.24. The van der Waals surface area contributed by atoms with Gasteiger partial charge in [0.05, 0.1) is 5.02 Å². The van der Waals surface area contributed by atoms with Crippen LogP contribution in [0.2, 0.25) is 10.0 Å². The molecule has 1 heterocycles. The van der Waals surface area contributed by atoms with E-state index in [0.29, 0.717) is 27.2 Å². The number of anilines is 1. The van der Waals surface area contributed by atoms with E-state index in [1.54, 1.807) is 30.3 Å². The highest BCUT2D eigenvalue weighted by atomic mass is 35.5. The first-order valence-corrected chi connectivity index (χ1v) is 9.31. The van der Waals surface area contributed by atoms with Crippen molar-refractivity contribution in [2.45, 2.75) is 6.61 Å². The second-order valence-corrected chi connectivity index (χ2v) is 6.99. The molecule has 4 rings (SSSR count). The normalized spacial score (nSPS) is 10.8. The number of hydrogen-bond donors (Lipinski definition) is 1. The Morgan fingerprint density at radius 3 is 2.57 bits per heavy atom. The molecule has 0 aliphatic heterocycles. The van der Waals surface area contributed by atoms with Crippen molar-refractivity contribution in [3.63, 3.8) is 0 Å². The Balaban J connectivity index is 1.42. The molecule has 0 unspecified atom stereocenters. The van der Waals surface area contributed by atoms with Gasteiger partial charge in [-0.1, -0.05) is 53.5 Å². The molecule has 4 nitrogen and oxygen atoms in total. The molecule has 28 heavy (non-hydrogen) atoms. The number of rotatable bonds is 5. The second-order valence-electron chi connectivity index (χ2n) is 6.15. The number of benzene rings is 3. The number of halogens is 2. The van der Waals surface area contributed by atoms with Crippen LogP contribution in [0.4, 0.5) is 5.69 Å². The Bertz CT molecular complexity index is 1150. The number of amides is 1. The average molecular weight is 412 g/mol. The lowest BCUT2D eigenvalue weighted by molar-refractivity contribution is 0.0992. The van der Waals surface area contributed by atoms with Crippen molar-refractivity contribution in [2.24, 2.45) is 0 Å². The summed E-state index contributed by atoms with van der Waals surface area (Å²) in [5.74, 6) is 0.874. The van der Waals surface area contributed by atoms with E-state index in [0.717, 1.165) is 10.8 Å². The first-order valence-electron chi connectivity index (χ1n) is 8.55. The minimum atomic E-state index is -0.328. The molecule has 3 aromatic carbocycles. The first kappa shape index (κ1) is 18.4. The van der Waals surface area contributed by atoms with Crippen molar-refractivity contribution in [3.05, 3.63) is 94.4 Å². The monoisotopic (exact) mass is 411 g/mol. The highest BCUT2D eigenvalue weighted by Crippen LogP contribution is 2.28. The number of furan rings is 1. The molecule has 0 atom stereocenters. The lowest BCUT2D eigenvalue weighted by Crippen LogP contribution is -2.10. The quantitative estimate of drug-likeness (QED) is 0.403. The van der Waals surface area contributed by atoms with Crippen LogP contribution in [0.3, 0.4) is 0 Å². The van der Waals surface area contributed by atoms with Crippen molar-refractivity contribution >= 4 is 45.6 Å². The third kappa shape index (κ3) is 4.14. The molecule has 0 aliphatic rings. The predicted octanol–water partition coefficient (Wildman–Crippen LogP) is 6.57. The molecule has 0 saturated heterocycles. The highest BCUT2D eigenvalue weighted by Gasteiger charge is 2.13. The Kier molecular flexibility index (Phi) is 5.24. The van der Waals surface area contributed by atoms with Gasteiger partial charge in [0.1, 0.15) is 18.1 Å². The van der Waals surface area contributed by atoms with Gasteiger partial charge in [-0.2, -0.15) is 0 Å². The van der Waals surface area contributed by atoms with E-state index in [1.807, 2.05) is 42.5 Å². The zero-order valence-electron chi connectivity index (χ0n) is 14.6. The van der Waals surface area contributed by atoms with Crippen LogP contribution in [0, 0.1) is 0 Å². The van der Waals surface area contributed by atoms with Gasteiger partial charge in [0.2, 0.25) is 0 Å². The van der Waals surface area contributed by atoms with Crippen LogP contribution >= 0.6 is 23.2 Å². The molecule has 4 aromatic rings. The van der Waals surface area contributed by atoms with Crippen LogP contribution in [0.1, 0.15) is 16.3 Å². The fourth-order valence-electron chi connectivity index (χ4n) is 2.78. The largest absolute Gasteiger partial charge is 0.484 e. The summed E-state index contributed by atoms with van der Waals surface area (Å²) in [6.45, 7) is 0.143. The first-order chi connectivity index (χ1) is 13.6. The van der Waals surface area contributed by atoms with Gasteiger partial charge in [-0.05, 0) is 53.2 Å². The van der Waals surface area contributed by atoms with E-state index < -0.39 is 0 Å². The number of carbonyl (C=O) groups is 1. The molecule has 6 heteroatoms. The highest BCUT2D eigenvalue weighted by molar-refractivity contribution is 6.35. The van der Waals surface area contributed by atoms with E-state index in [9.17, 15) is 4.79 Å². The van der Waals surface area contributed by atoms with Crippen molar-refractivity contribution in [3.8, 4) is 5.75 Å². The van der Waals surface area contributed by atoms with Gasteiger partial charge in [-0.25, -0.2) is 0 Å². The number of fused-ring (bicyclic) bond motifs is 1. The Labute approximate surface area is 171 Å². The standard InChI is InChI=1S/C22H15Cl2NO3/c23-16-6-9-20(19(24)12-16)27-13-18-8-10-21(28-18)22(26)25-17-7-5-14-3-1-2-4-15(14)11-17/h1-12H,13H2,(H,25,26). The van der Waals surface area contributed by atoms with Crippen molar-refractivity contribution < 1.29 is 13.9 Å². The number of carbonyl (C=O) groups excluding carboxylic acids is 1. The second kappa shape index (κ2) is 7.97. The predicted molar refractivity (Wildman–Crippen MR) is 111 cm³/mol. The van der Waals surface area contributed by atoms with Crippen LogP contribution in [-0.2, 0) is 6.61 Å². The number of nitrogens with one attached hydrogen (secondary N) is 1. The van der Waals surface area contributed by atoms with Crippen molar-refractivity contribution in [1.82, 2.24) is 0 Å². The summed E-state index contributed by atoms with van der Waals surface area (Å²) >= 11 is 11.9. The van der Waals surface area contributed by atoms with Crippen molar-refractivity contribution in [2.75, 3.05) is 5.32 Å². The summed E-state index contributed by atoms with van der Waals surface area (Å²) in [5.41, 5.74) is 0.700. The van der Waals surface area contributed by atoms with Gasteiger partial charge >= 0.3 is 0 Å². The minimum Gasteiger partial charge on any atom is -0.484 e. The van der Waals surface area contributed by atoms with Crippen LogP contribution in [0.5, 0.6) is 5.75 Å². The molecule has 0 fully saturated rings. The van der Waals surface area contributed by atoms with Gasteiger partial charge in [0.25, 0.3) is 5.91 Å². The maximum absolute atomic E-state index is 12.4. The Morgan fingerprint density at radius 2 is 1.75 bits per heavy atom. The van der Waals surface area contributed by atoms with Gasteiger partial charge < -0.3 is 14.5 Å². The topological polar surface area (TPSA) is 51.5 Å². The summed E-state index contributed by atoms with van der Waals surface area (Å²) in [4.78, 5) is 12.4. The molecule has 0 radical (unpaired) electrons. The molecule has 1 amide bonds. The number of hydrogen-bond acceptors (Lipinski definition) is 3. The molecule has 140 valence electrons. The summed E-state index contributed by atoms with van der Waals surface area (Å²) in [5, 5.41) is 5.94. The lowest BCUT2D eigenvalue weighted by atomic mass is 10.1. The molecule has 0 saturated carbocycles. The molecule has 1 aromatic heterocycles. The molecule has 0 bridgehead atoms. The van der Waals surface area contributed by atoms with Crippen molar-refractivity contribution in [1.29, 1.82) is 0 Å². The lowest BCUT2D eigenvalue weighted by Gasteiger charge is -2.07. The van der Waals surface area contributed by atoms with E-state index in [4.69, 9.17) is 32.4 Å². The molecule has 1 N–H and O–H groups in total. The molecule has 0 aliphatic carbocycles. The average Bonchev–Trinajstić information content (AvgIpc) is 3.16. The van der Waals surface area contributed by atoms with E-state index >= 15 is 0 Å². The summed E-state index contributed by atoms with van der Waals surface area (Å²) in [7, 11) is 0. The van der Waals surface area contributed by atoms with Gasteiger partial charge in [0, 0.05) is 10.7 Å². The van der Waals surface area contributed by atoms with Crippen LogP contribution in [0.25, 0.3) is 10.8 Å². The maximum Gasteiger partial charge on any atom is 0.291 e. The summed E-state index contributed by atoms with van der Waals surface area (Å²) in [6.07, 6.45) is 0. The zero-order valence-corrected chi connectivity index (χ0v) is 16.1. The SMILES string of the molecule is O=C(Nc1ccc2ccccc2c1)c1ccc(COc2ccc(Cl)cc2Cl)o1. The Morgan fingerprint density at radius 1 is 0.929 bits per heavy atom. The smallest absolute Gasteiger partial charge is 0.291 e. The Hall–Kier alpha value is -2.95. The molecular weight excluding hydrogens is 397 g/mol. The van der Waals surface area contributed by atoms with E-state index in [2.05, 4.69) is 5.32 Å². The minimum absolute atomic E-state index is 0.143.